The second-order valence-electron chi connectivity index (χ2n) is 5.73. The molecule has 0 aromatic heterocycles. The molecular weight excluding hydrogens is 246 g/mol. The lowest BCUT2D eigenvalue weighted by atomic mass is 9.79. The highest BCUT2D eigenvalue weighted by molar-refractivity contribution is 5.86. The van der Waals surface area contributed by atoms with Crippen LogP contribution in [0, 0.1) is 5.41 Å². The van der Waals surface area contributed by atoms with Crippen molar-refractivity contribution in [3.63, 3.8) is 0 Å². The molecule has 0 aromatic carbocycles. The van der Waals surface area contributed by atoms with Crippen LogP contribution in [0.2, 0.25) is 0 Å². The van der Waals surface area contributed by atoms with Crippen molar-refractivity contribution in [1.82, 2.24) is 4.90 Å². The minimum absolute atomic E-state index is 0.0984. The molecule has 2 heterocycles. The fourth-order valence-electron chi connectivity index (χ4n) is 2.74. The minimum atomic E-state index is -0.307. The highest BCUT2D eigenvalue weighted by atomic mass is 16.5. The molecular formula is C13H23N3O3. The van der Waals surface area contributed by atoms with Gasteiger partial charge >= 0.3 is 0 Å². The number of carbonyl (C=O) groups is 1. The van der Waals surface area contributed by atoms with Gasteiger partial charge in [-0.1, -0.05) is 12.1 Å². The standard InChI is InChI=1S/C13H23N3O3/c1-13(12(14)15-18)5-7-16(8-6-13)11(17)10-4-2-3-9-19-10/h10,18H,2-9H2,1H3,(H2,14,15). The second kappa shape index (κ2) is 5.77. The molecule has 1 atom stereocenters. The Hall–Kier alpha value is -1.30. The Kier molecular flexibility index (Phi) is 4.29. The first-order chi connectivity index (χ1) is 9.07. The van der Waals surface area contributed by atoms with E-state index in [0.717, 1.165) is 32.1 Å². The molecule has 3 N–H and O–H groups in total. The first-order valence-electron chi connectivity index (χ1n) is 6.95. The summed E-state index contributed by atoms with van der Waals surface area (Å²) in [4.78, 5) is 14.1. The third-order valence-electron chi connectivity index (χ3n) is 4.36. The summed E-state index contributed by atoms with van der Waals surface area (Å²) in [6.07, 6.45) is 4.12. The quantitative estimate of drug-likeness (QED) is 0.338. The van der Waals surface area contributed by atoms with Crippen LogP contribution in [0.1, 0.15) is 39.0 Å². The van der Waals surface area contributed by atoms with Crippen molar-refractivity contribution < 1.29 is 14.7 Å². The van der Waals surface area contributed by atoms with E-state index < -0.39 is 0 Å². The number of piperidine rings is 1. The third-order valence-corrected chi connectivity index (χ3v) is 4.36. The van der Waals surface area contributed by atoms with Gasteiger partial charge in [0.05, 0.1) is 0 Å². The van der Waals surface area contributed by atoms with E-state index in [9.17, 15) is 4.79 Å². The zero-order valence-corrected chi connectivity index (χ0v) is 11.5. The molecule has 1 amide bonds. The summed E-state index contributed by atoms with van der Waals surface area (Å²) >= 11 is 0. The average Bonchev–Trinajstić information content (AvgIpc) is 2.47. The van der Waals surface area contributed by atoms with Crippen LogP contribution in [0.5, 0.6) is 0 Å². The summed E-state index contributed by atoms with van der Waals surface area (Å²) in [5, 5.41) is 11.9. The minimum Gasteiger partial charge on any atom is -0.409 e. The van der Waals surface area contributed by atoms with Gasteiger partial charge in [-0.3, -0.25) is 4.79 Å². The van der Waals surface area contributed by atoms with E-state index in [1.165, 1.54) is 0 Å². The summed E-state index contributed by atoms with van der Waals surface area (Å²) in [6.45, 7) is 3.95. The number of hydrogen-bond donors (Lipinski definition) is 2. The average molecular weight is 269 g/mol. The van der Waals surface area contributed by atoms with Gasteiger partial charge < -0.3 is 20.6 Å². The van der Waals surface area contributed by atoms with Crippen molar-refractivity contribution in [2.24, 2.45) is 16.3 Å². The number of ether oxygens (including phenoxy) is 1. The van der Waals surface area contributed by atoms with Crippen molar-refractivity contribution in [3.05, 3.63) is 0 Å². The predicted molar refractivity (Wildman–Crippen MR) is 70.9 cm³/mol. The topological polar surface area (TPSA) is 88.2 Å². The van der Waals surface area contributed by atoms with E-state index in [1.807, 2.05) is 11.8 Å². The molecule has 0 spiro atoms. The maximum Gasteiger partial charge on any atom is 0.251 e. The van der Waals surface area contributed by atoms with Gasteiger partial charge in [0, 0.05) is 25.1 Å². The molecule has 0 bridgehead atoms. The Morgan fingerprint density at radius 1 is 1.42 bits per heavy atom. The third kappa shape index (κ3) is 3.00. The first-order valence-corrected chi connectivity index (χ1v) is 6.95. The monoisotopic (exact) mass is 269 g/mol. The van der Waals surface area contributed by atoms with Crippen molar-refractivity contribution in [1.29, 1.82) is 0 Å². The summed E-state index contributed by atoms with van der Waals surface area (Å²) in [5.74, 6) is 0.356. The predicted octanol–water partition coefficient (Wildman–Crippen LogP) is 0.931. The van der Waals surface area contributed by atoms with E-state index in [1.54, 1.807) is 0 Å². The number of hydrogen-bond acceptors (Lipinski definition) is 4. The van der Waals surface area contributed by atoms with Gasteiger partial charge in [0.25, 0.3) is 5.91 Å². The van der Waals surface area contributed by atoms with Gasteiger partial charge in [-0.2, -0.15) is 0 Å². The van der Waals surface area contributed by atoms with E-state index >= 15 is 0 Å². The fourth-order valence-corrected chi connectivity index (χ4v) is 2.74. The normalized spacial score (nSPS) is 28.2. The summed E-state index contributed by atoms with van der Waals surface area (Å²) < 4.78 is 5.53. The number of nitrogens with two attached hydrogens (primary N) is 1. The second-order valence-corrected chi connectivity index (χ2v) is 5.73. The van der Waals surface area contributed by atoms with Crippen LogP contribution in [-0.2, 0) is 9.53 Å². The molecule has 6 heteroatoms. The summed E-state index contributed by atoms with van der Waals surface area (Å²) in [5.41, 5.74) is 5.41. The Morgan fingerprint density at radius 2 is 2.11 bits per heavy atom. The number of carbonyl (C=O) groups excluding carboxylic acids is 1. The van der Waals surface area contributed by atoms with Crippen LogP contribution in [0.4, 0.5) is 0 Å². The summed E-state index contributed by atoms with van der Waals surface area (Å²) in [7, 11) is 0. The molecule has 0 saturated carbocycles. The van der Waals surface area contributed by atoms with Crippen LogP contribution in [0.25, 0.3) is 0 Å². The lowest BCUT2D eigenvalue weighted by Gasteiger charge is -2.39. The lowest BCUT2D eigenvalue weighted by molar-refractivity contribution is -0.148. The molecule has 1 unspecified atom stereocenters. The van der Waals surface area contributed by atoms with Gasteiger partial charge in [0.2, 0.25) is 0 Å². The van der Waals surface area contributed by atoms with Crippen LogP contribution in [0.3, 0.4) is 0 Å². The highest BCUT2D eigenvalue weighted by Crippen LogP contribution is 2.31. The number of amides is 1. The maximum atomic E-state index is 12.3. The van der Waals surface area contributed by atoms with E-state index in [4.69, 9.17) is 15.7 Å². The molecule has 0 aromatic rings. The SMILES string of the molecule is CC1(C(N)=NO)CCN(C(=O)C2CCCCO2)CC1. The molecule has 2 aliphatic rings. The molecule has 108 valence electrons. The first kappa shape index (κ1) is 14.1. The van der Waals surface area contributed by atoms with Crippen molar-refractivity contribution >= 4 is 11.7 Å². The van der Waals surface area contributed by atoms with Crippen LogP contribution in [-0.4, -0.2) is 47.7 Å². The Labute approximate surface area is 113 Å². The number of oxime groups is 1. The molecule has 6 nitrogen and oxygen atoms in total. The molecule has 19 heavy (non-hydrogen) atoms. The summed E-state index contributed by atoms with van der Waals surface area (Å²) in [6, 6.07) is 0. The van der Waals surface area contributed by atoms with Crippen molar-refractivity contribution in [2.45, 2.75) is 45.1 Å². The fraction of sp³-hybridized carbons (Fsp3) is 0.846. The Balaban J connectivity index is 1.90. The van der Waals surface area contributed by atoms with Crippen LogP contribution < -0.4 is 5.73 Å². The zero-order valence-electron chi connectivity index (χ0n) is 11.5. The largest absolute Gasteiger partial charge is 0.409 e. The maximum absolute atomic E-state index is 12.3. The molecule has 0 aliphatic carbocycles. The van der Waals surface area contributed by atoms with Gasteiger partial charge in [0.15, 0.2) is 0 Å². The number of rotatable bonds is 2. The van der Waals surface area contributed by atoms with E-state index in [2.05, 4.69) is 5.16 Å². The molecule has 2 aliphatic heterocycles. The van der Waals surface area contributed by atoms with Gasteiger partial charge in [-0.05, 0) is 32.1 Å². The van der Waals surface area contributed by atoms with Crippen LogP contribution in [0.15, 0.2) is 5.16 Å². The van der Waals surface area contributed by atoms with Gasteiger partial charge in [-0.15, -0.1) is 0 Å². The van der Waals surface area contributed by atoms with E-state index in [-0.39, 0.29) is 23.3 Å². The number of amidine groups is 1. The lowest BCUT2D eigenvalue weighted by Crippen LogP contribution is -2.50. The highest BCUT2D eigenvalue weighted by Gasteiger charge is 2.37. The molecule has 2 rings (SSSR count). The zero-order chi connectivity index (χ0) is 13.9. The molecule has 2 saturated heterocycles. The molecule has 0 radical (unpaired) electrons. The Bertz CT molecular complexity index is 356. The van der Waals surface area contributed by atoms with Crippen molar-refractivity contribution in [2.75, 3.05) is 19.7 Å². The number of likely N-dealkylation sites (tertiary alicyclic amines) is 1. The van der Waals surface area contributed by atoms with Crippen molar-refractivity contribution in [3.8, 4) is 0 Å². The van der Waals surface area contributed by atoms with E-state index in [0.29, 0.717) is 19.7 Å². The van der Waals surface area contributed by atoms with Gasteiger partial charge in [0.1, 0.15) is 11.9 Å². The molecule has 2 fully saturated rings. The Morgan fingerprint density at radius 3 is 2.63 bits per heavy atom. The van der Waals surface area contributed by atoms with Gasteiger partial charge in [-0.25, -0.2) is 0 Å². The number of nitrogens with zero attached hydrogens (tertiary/aromatic N) is 2. The van der Waals surface area contributed by atoms with Crippen LogP contribution >= 0.6 is 0 Å². The smallest absolute Gasteiger partial charge is 0.251 e.